The van der Waals surface area contributed by atoms with Gasteiger partial charge < -0.3 is 15.1 Å². The van der Waals surface area contributed by atoms with Gasteiger partial charge in [-0.25, -0.2) is 4.39 Å². The summed E-state index contributed by atoms with van der Waals surface area (Å²) in [7, 11) is 1.72. The van der Waals surface area contributed by atoms with Crippen LogP contribution in [0.1, 0.15) is 12.5 Å². The molecule has 0 amide bonds. The minimum atomic E-state index is -0.385. The zero-order valence-corrected chi connectivity index (χ0v) is 8.94. The highest BCUT2D eigenvalue weighted by molar-refractivity contribution is 5.49. The molecular formula is C11H16FNO2. The molecule has 0 radical (unpaired) electrons. The molecule has 1 unspecified atom stereocenters. The van der Waals surface area contributed by atoms with Crippen LogP contribution >= 0.6 is 0 Å². The van der Waals surface area contributed by atoms with Crippen molar-refractivity contribution >= 4 is 5.69 Å². The van der Waals surface area contributed by atoms with Gasteiger partial charge in [0.15, 0.2) is 0 Å². The second-order valence-corrected chi connectivity index (χ2v) is 3.59. The fourth-order valence-corrected chi connectivity index (χ4v) is 1.29. The molecule has 2 N–H and O–H groups in total. The first-order valence-electron chi connectivity index (χ1n) is 4.83. The number of rotatable bonds is 4. The lowest BCUT2D eigenvalue weighted by Gasteiger charge is -2.25. The maximum Gasteiger partial charge on any atom is 0.146 e. The highest BCUT2D eigenvalue weighted by Crippen LogP contribution is 2.21. The van der Waals surface area contributed by atoms with Crippen molar-refractivity contribution in [2.24, 2.45) is 0 Å². The summed E-state index contributed by atoms with van der Waals surface area (Å²) in [6.07, 6.45) is 0. The summed E-state index contributed by atoms with van der Waals surface area (Å²) in [4.78, 5) is 1.66. The molecule has 0 aliphatic heterocycles. The summed E-state index contributed by atoms with van der Waals surface area (Å²) in [5.74, 6) is -0.385. The van der Waals surface area contributed by atoms with Gasteiger partial charge in [-0.1, -0.05) is 6.07 Å². The molecule has 1 aromatic carbocycles. The van der Waals surface area contributed by atoms with Crippen molar-refractivity contribution in [1.82, 2.24) is 0 Å². The third kappa shape index (κ3) is 2.67. The van der Waals surface area contributed by atoms with Crippen molar-refractivity contribution in [1.29, 1.82) is 0 Å². The molecule has 0 aromatic heterocycles. The van der Waals surface area contributed by atoms with Crippen LogP contribution < -0.4 is 4.90 Å². The standard InChI is InChI=1S/C11H16FNO2/c1-8(6-14)13(2)11-4-3-9(7-15)5-10(11)12/h3-5,8,14-15H,6-7H2,1-2H3. The van der Waals surface area contributed by atoms with Crippen LogP contribution in [0.2, 0.25) is 0 Å². The van der Waals surface area contributed by atoms with E-state index in [9.17, 15) is 4.39 Å². The molecule has 84 valence electrons. The van der Waals surface area contributed by atoms with Gasteiger partial charge in [0.25, 0.3) is 0 Å². The van der Waals surface area contributed by atoms with Crippen LogP contribution in [0.5, 0.6) is 0 Å². The molecule has 1 rings (SSSR count). The SMILES string of the molecule is CC(CO)N(C)c1ccc(CO)cc1F. The summed E-state index contributed by atoms with van der Waals surface area (Å²) in [6.45, 7) is 1.60. The van der Waals surface area contributed by atoms with E-state index in [1.165, 1.54) is 6.07 Å². The highest BCUT2D eigenvalue weighted by Gasteiger charge is 2.13. The average molecular weight is 213 g/mol. The van der Waals surface area contributed by atoms with Gasteiger partial charge in [0, 0.05) is 13.1 Å². The maximum absolute atomic E-state index is 13.5. The van der Waals surface area contributed by atoms with E-state index in [-0.39, 0.29) is 25.1 Å². The Morgan fingerprint density at radius 3 is 2.53 bits per heavy atom. The zero-order chi connectivity index (χ0) is 11.4. The van der Waals surface area contributed by atoms with Crippen LogP contribution in [0.3, 0.4) is 0 Å². The van der Waals surface area contributed by atoms with E-state index in [1.54, 1.807) is 31.0 Å². The molecular weight excluding hydrogens is 197 g/mol. The fourth-order valence-electron chi connectivity index (χ4n) is 1.29. The van der Waals surface area contributed by atoms with Gasteiger partial charge in [-0.2, -0.15) is 0 Å². The molecule has 0 saturated heterocycles. The Labute approximate surface area is 88.8 Å². The van der Waals surface area contributed by atoms with Crippen LogP contribution in [0.4, 0.5) is 10.1 Å². The van der Waals surface area contributed by atoms with Crippen LogP contribution in [-0.4, -0.2) is 29.9 Å². The second-order valence-electron chi connectivity index (χ2n) is 3.59. The van der Waals surface area contributed by atoms with Gasteiger partial charge in [-0.15, -0.1) is 0 Å². The van der Waals surface area contributed by atoms with Gasteiger partial charge in [0.1, 0.15) is 5.82 Å². The van der Waals surface area contributed by atoms with Gasteiger partial charge in [-0.3, -0.25) is 0 Å². The lowest BCUT2D eigenvalue weighted by atomic mass is 10.1. The first-order valence-corrected chi connectivity index (χ1v) is 4.83. The molecule has 0 spiro atoms. The topological polar surface area (TPSA) is 43.7 Å². The summed E-state index contributed by atoms with van der Waals surface area (Å²) in [6, 6.07) is 4.43. The Morgan fingerprint density at radius 2 is 2.07 bits per heavy atom. The van der Waals surface area contributed by atoms with Crippen molar-refractivity contribution < 1.29 is 14.6 Å². The number of hydrogen-bond acceptors (Lipinski definition) is 3. The van der Waals surface area contributed by atoms with E-state index in [2.05, 4.69) is 0 Å². The van der Waals surface area contributed by atoms with Crippen LogP contribution in [0, 0.1) is 5.82 Å². The van der Waals surface area contributed by atoms with Gasteiger partial charge >= 0.3 is 0 Å². The third-order valence-corrected chi connectivity index (χ3v) is 2.50. The van der Waals surface area contributed by atoms with Crippen molar-refractivity contribution in [2.75, 3.05) is 18.6 Å². The molecule has 4 heteroatoms. The second kappa shape index (κ2) is 5.09. The Balaban J connectivity index is 2.95. The summed E-state index contributed by atoms with van der Waals surface area (Å²) >= 11 is 0. The maximum atomic E-state index is 13.5. The van der Waals surface area contributed by atoms with E-state index in [4.69, 9.17) is 10.2 Å². The summed E-state index contributed by atoms with van der Waals surface area (Å²) in [5.41, 5.74) is 0.968. The number of aliphatic hydroxyl groups is 2. The fraction of sp³-hybridized carbons (Fsp3) is 0.455. The van der Waals surface area contributed by atoms with Crippen molar-refractivity contribution in [3.8, 4) is 0 Å². The number of anilines is 1. The highest BCUT2D eigenvalue weighted by atomic mass is 19.1. The predicted molar refractivity (Wildman–Crippen MR) is 57.3 cm³/mol. The Morgan fingerprint density at radius 1 is 1.40 bits per heavy atom. The van der Waals surface area contributed by atoms with Crippen molar-refractivity contribution in [3.63, 3.8) is 0 Å². The minimum absolute atomic E-state index is 0.0301. The number of halogens is 1. The van der Waals surface area contributed by atoms with E-state index in [0.29, 0.717) is 11.3 Å². The number of likely N-dealkylation sites (N-methyl/N-ethyl adjacent to an activating group) is 1. The molecule has 15 heavy (non-hydrogen) atoms. The molecule has 0 bridgehead atoms. The van der Waals surface area contributed by atoms with Crippen molar-refractivity contribution in [2.45, 2.75) is 19.6 Å². The summed E-state index contributed by atoms with van der Waals surface area (Å²) in [5, 5.41) is 17.8. The molecule has 0 fully saturated rings. The molecule has 0 aliphatic rings. The monoisotopic (exact) mass is 213 g/mol. The smallest absolute Gasteiger partial charge is 0.146 e. The molecule has 1 atom stereocenters. The Hall–Kier alpha value is -1.13. The Bertz CT molecular complexity index is 330. The molecule has 0 heterocycles. The van der Waals surface area contributed by atoms with Crippen LogP contribution in [-0.2, 0) is 6.61 Å². The van der Waals surface area contributed by atoms with Gasteiger partial charge in [-0.05, 0) is 24.6 Å². The first-order chi connectivity index (χ1) is 7.10. The number of hydrogen-bond donors (Lipinski definition) is 2. The predicted octanol–water partition coefficient (Wildman–Crippen LogP) is 1.14. The molecule has 0 saturated carbocycles. The molecule has 0 aliphatic carbocycles. The summed E-state index contributed by atoms with van der Waals surface area (Å²) < 4.78 is 13.5. The third-order valence-electron chi connectivity index (χ3n) is 2.50. The van der Waals surface area contributed by atoms with E-state index < -0.39 is 0 Å². The number of benzene rings is 1. The number of aliphatic hydroxyl groups excluding tert-OH is 2. The van der Waals surface area contributed by atoms with Crippen LogP contribution in [0.25, 0.3) is 0 Å². The zero-order valence-electron chi connectivity index (χ0n) is 8.94. The first kappa shape index (κ1) is 11.9. The minimum Gasteiger partial charge on any atom is -0.394 e. The lowest BCUT2D eigenvalue weighted by molar-refractivity contribution is 0.269. The normalized spacial score (nSPS) is 12.6. The largest absolute Gasteiger partial charge is 0.394 e. The number of nitrogens with zero attached hydrogens (tertiary/aromatic N) is 1. The lowest BCUT2D eigenvalue weighted by Crippen LogP contribution is -2.32. The molecule has 1 aromatic rings. The van der Waals surface area contributed by atoms with E-state index in [0.717, 1.165) is 0 Å². The van der Waals surface area contributed by atoms with Gasteiger partial charge in [0.2, 0.25) is 0 Å². The Kier molecular flexibility index (Phi) is 4.05. The average Bonchev–Trinajstić information content (AvgIpc) is 2.26. The van der Waals surface area contributed by atoms with Crippen LogP contribution in [0.15, 0.2) is 18.2 Å². The quantitative estimate of drug-likeness (QED) is 0.788. The van der Waals surface area contributed by atoms with Gasteiger partial charge in [0.05, 0.1) is 18.9 Å². The van der Waals surface area contributed by atoms with E-state index >= 15 is 0 Å². The van der Waals surface area contributed by atoms with Crippen molar-refractivity contribution in [3.05, 3.63) is 29.6 Å². The molecule has 3 nitrogen and oxygen atoms in total. The van der Waals surface area contributed by atoms with E-state index in [1.807, 2.05) is 0 Å².